The van der Waals surface area contributed by atoms with Crippen LogP contribution < -0.4 is 0 Å². The summed E-state index contributed by atoms with van der Waals surface area (Å²) in [6.07, 6.45) is 4.51. The maximum absolute atomic E-state index is 12.2. The number of benzene rings is 1. The zero-order valence-corrected chi connectivity index (χ0v) is 13.7. The van der Waals surface area contributed by atoms with Crippen molar-refractivity contribution in [1.29, 1.82) is 0 Å². The fourth-order valence-corrected chi connectivity index (χ4v) is 2.53. The van der Waals surface area contributed by atoms with E-state index in [0.717, 1.165) is 11.1 Å². The quantitative estimate of drug-likeness (QED) is 0.665. The molecule has 0 N–H and O–H groups in total. The molecule has 1 atom stereocenters. The first-order valence-electron chi connectivity index (χ1n) is 7.38. The van der Waals surface area contributed by atoms with Crippen molar-refractivity contribution >= 4 is 17.6 Å². The molecule has 0 aliphatic heterocycles. The summed E-state index contributed by atoms with van der Waals surface area (Å²) >= 11 is 6.11. The molecule has 0 spiro atoms. The Morgan fingerprint density at radius 3 is 2.88 bits per heavy atom. The highest BCUT2D eigenvalue weighted by Gasteiger charge is 2.18. The molecule has 0 radical (unpaired) electrons. The smallest absolute Gasteiger partial charge is 0.361 e. The number of carbonyl (C=O) groups is 1. The molecule has 0 saturated carbocycles. The van der Waals surface area contributed by atoms with Gasteiger partial charge in [0.05, 0.1) is 12.7 Å². The van der Waals surface area contributed by atoms with Crippen LogP contribution in [0.1, 0.15) is 34.6 Å². The Balaban J connectivity index is 1.67. The molecular formula is C17H15ClN4O2. The Labute approximate surface area is 144 Å². The second-order valence-electron chi connectivity index (χ2n) is 5.23. The molecule has 2 aromatic heterocycles. The van der Waals surface area contributed by atoms with Gasteiger partial charge >= 0.3 is 5.97 Å². The van der Waals surface area contributed by atoms with Gasteiger partial charge in [0, 0.05) is 23.0 Å². The first kappa shape index (κ1) is 16.1. The first-order valence-corrected chi connectivity index (χ1v) is 7.75. The molecule has 2 heterocycles. The van der Waals surface area contributed by atoms with Gasteiger partial charge in [0.1, 0.15) is 6.10 Å². The first-order chi connectivity index (χ1) is 11.6. The van der Waals surface area contributed by atoms with Gasteiger partial charge in [-0.25, -0.2) is 9.48 Å². The second kappa shape index (κ2) is 7.23. The lowest BCUT2D eigenvalue weighted by Crippen LogP contribution is -2.10. The Bertz CT molecular complexity index is 835. The van der Waals surface area contributed by atoms with Gasteiger partial charge in [-0.3, -0.25) is 4.98 Å². The van der Waals surface area contributed by atoms with E-state index in [1.807, 2.05) is 30.3 Å². The maximum Gasteiger partial charge on any atom is 0.361 e. The van der Waals surface area contributed by atoms with Crippen LogP contribution in [0.3, 0.4) is 0 Å². The van der Waals surface area contributed by atoms with E-state index < -0.39 is 12.1 Å². The molecule has 6 nitrogen and oxygen atoms in total. The lowest BCUT2D eigenvalue weighted by atomic mass is 10.1. The molecule has 0 amide bonds. The van der Waals surface area contributed by atoms with E-state index in [-0.39, 0.29) is 5.69 Å². The number of ether oxygens (including phenoxy) is 1. The minimum absolute atomic E-state index is 0.151. The van der Waals surface area contributed by atoms with Gasteiger partial charge in [-0.05, 0) is 24.6 Å². The molecule has 0 aliphatic rings. The van der Waals surface area contributed by atoms with Crippen molar-refractivity contribution in [1.82, 2.24) is 20.0 Å². The van der Waals surface area contributed by atoms with E-state index in [2.05, 4.69) is 15.3 Å². The van der Waals surface area contributed by atoms with Crippen LogP contribution in [0.15, 0.2) is 55.0 Å². The number of nitrogens with zero attached hydrogens (tertiary/aromatic N) is 4. The van der Waals surface area contributed by atoms with Crippen molar-refractivity contribution in [2.75, 3.05) is 0 Å². The van der Waals surface area contributed by atoms with Crippen molar-refractivity contribution in [3.8, 4) is 0 Å². The minimum atomic E-state index is -0.542. The Kier molecular flexibility index (Phi) is 4.86. The standard InChI is InChI=1S/C17H15ClN4O2/c1-12(14-6-2-3-7-15(14)18)24-17(23)16-11-22(21-20-16)10-13-5-4-8-19-9-13/h2-9,11-12H,10H2,1H3/t12-/m0/s1. The van der Waals surface area contributed by atoms with Crippen LogP contribution >= 0.6 is 11.6 Å². The van der Waals surface area contributed by atoms with Crippen molar-refractivity contribution < 1.29 is 9.53 Å². The number of carbonyl (C=O) groups excluding carboxylic acids is 1. The molecule has 7 heteroatoms. The van der Waals surface area contributed by atoms with Crippen LogP contribution in [0, 0.1) is 0 Å². The highest BCUT2D eigenvalue weighted by atomic mass is 35.5. The van der Waals surface area contributed by atoms with Gasteiger partial charge < -0.3 is 4.74 Å². The number of hydrogen-bond donors (Lipinski definition) is 0. The van der Waals surface area contributed by atoms with E-state index in [9.17, 15) is 4.79 Å². The zero-order valence-electron chi connectivity index (χ0n) is 13.0. The molecular weight excluding hydrogens is 328 g/mol. The largest absolute Gasteiger partial charge is 0.453 e. The fourth-order valence-electron chi connectivity index (χ4n) is 2.24. The summed E-state index contributed by atoms with van der Waals surface area (Å²) in [4.78, 5) is 16.3. The van der Waals surface area contributed by atoms with Crippen molar-refractivity contribution in [3.63, 3.8) is 0 Å². The lowest BCUT2D eigenvalue weighted by molar-refractivity contribution is 0.0331. The van der Waals surface area contributed by atoms with E-state index in [4.69, 9.17) is 16.3 Å². The molecule has 3 aromatic rings. The van der Waals surface area contributed by atoms with Crippen molar-refractivity contribution in [2.45, 2.75) is 19.6 Å². The number of aromatic nitrogens is 4. The van der Waals surface area contributed by atoms with Gasteiger partial charge in [-0.15, -0.1) is 5.10 Å². The summed E-state index contributed by atoms with van der Waals surface area (Å²) in [5.41, 5.74) is 1.86. The molecule has 0 unspecified atom stereocenters. The number of pyridine rings is 1. The molecule has 1 aromatic carbocycles. The van der Waals surface area contributed by atoms with E-state index in [1.54, 1.807) is 36.3 Å². The predicted molar refractivity (Wildman–Crippen MR) is 88.6 cm³/mol. The summed E-state index contributed by atoms with van der Waals surface area (Å²) in [5.74, 6) is -0.542. The van der Waals surface area contributed by atoms with Crippen molar-refractivity contribution in [3.05, 3.63) is 76.8 Å². The monoisotopic (exact) mass is 342 g/mol. The van der Waals surface area contributed by atoms with Gasteiger partial charge in [0.2, 0.25) is 0 Å². The zero-order chi connectivity index (χ0) is 16.9. The Morgan fingerprint density at radius 2 is 2.12 bits per heavy atom. The molecule has 0 aliphatic carbocycles. The summed E-state index contributed by atoms with van der Waals surface area (Å²) in [5, 5.41) is 8.36. The molecule has 0 fully saturated rings. The molecule has 0 bridgehead atoms. The number of halogens is 1. The van der Waals surface area contributed by atoms with Gasteiger partial charge in [-0.2, -0.15) is 0 Å². The fraction of sp³-hybridized carbons (Fsp3) is 0.176. The van der Waals surface area contributed by atoms with Crippen LogP contribution in [-0.2, 0) is 11.3 Å². The van der Waals surface area contributed by atoms with Crippen LogP contribution in [0.4, 0.5) is 0 Å². The Hall–Kier alpha value is -2.73. The summed E-state index contributed by atoms with van der Waals surface area (Å²) < 4.78 is 6.98. The third-order valence-corrected chi connectivity index (χ3v) is 3.79. The van der Waals surface area contributed by atoms with Gasteiger partial charge in [0.15, 0.2) is 5.69 Å². The number of rotatable bonds is 5. The number of hydrogen-bond acceptors (Lipinski definition) is 5. The van der Waals surface area contributed by atoms with Crippen LogP contribution in [0.25, 0.3) is 0 Å². The summed E-state index contributed by atoms with van der Waals surface area (Å²) in [6, 6.07) is 11.0. The highest BCUT2D eigenvalue weighted by Crippen LogP contribution is 2.25. The molecule has 3 rings (SSSR count). The van der Waals surface area contributed by atoms with Crippen LogP contribution in [0.5, 0.6) is 0 Å². The highest BCUT2D eigenvalue weighted by molar-refractivity contribution is 6.31. The molecule has 122 valence electrons. The number of esters is 1. The average Bonchev–Trinajstić information content (AvgIpc) is 3.04. The van der Waals surface area contributed by atoms with Gasteiger partial charge in [-0.1, -0.05) is 41.1 Å². The maximum atomic E-state index is 12.2. The van der Waals surface area contributed by atoms with Gasteiger partial charge in [0.25, 0.3) is 0 Å². The topological polar surface area (TPSA) is 69.9 Å². The average molecular weight is 343 g/mol. The summed E-state index contributed by atoms with van der Waals surface area (Å²) in [6.45, 7) is 2.24. The van der Waals surface area contributed by atoms with E-state index in [1.165, 1.54) is 0 Å². The second-order valence-corrected chi connectivity index (χ2v) is 5.64. The summed E-state index contributed by atoms with van der Waals surface area (Å²) in [7, 11) is 0. The predicted octanol–water partition coefficient (Wildman–Crippen LogP) is 3.29. The third kappa shape index (κ3) is 3.78. The van der Waals surface area contributed by atoms with Crippen LogP contribution in [0.2, 0.25) is 5.02 Å². The van der Waals surface area contributed by atoms with E-state index in [0.29, 0.717) is 11.6 Å². The normalized spacial score (nSPS) is 11.9. The molecule has 24 heavy (non-hydrogen) atoms. The van der Waals surface area contributed by atoms with Crippen molar-refractivity contribution in [2.24, 2.45) is 0 Å². The SMILES string of the molecule is C[C@H](OC(=O)c1cn(Cc2cccnc2)nn1)c1ccccc1Cl. The lowest BCUT2D eigenvalue weighted by Gasteiger charge is -2.13. The third-order valence-electron chi connectivity index (χ3n) is 3.44. The van der Waals surface area contributed by atoms with Crippen LogP contribution in [-0.4, -0.2) is 25.9 Å². The minimum Gasteiger partial charge on any atom is -0.453 e. The molecule has 0 saturated heterocycles. The Morgan fingerprint density at radius 1 is 1.29 bits per heavy atom. The van der Waals surface area contributed by atoms with E-state index >= 15 is 0 Å².